The quantitative estimate of drug-likeness (QED) is 0.784. The maximum Gasteiger partial charge on any atom is 0.125 e. The predicted octanol–water partition coefficient (Wildman–Crippen LogP) is 2.84. The lowest BCUT2D eigenvalue weighted by molar-refractivity contribution is -0.149. The zero-order valence-electron chi connectivity index (χ0n) is 10.5. The maximum absolute atomic E-state index is 6.05. The summed E-state index contributed by atoms with van der Waals surface area (Å²) in [5, 5.41) is 2.16. The van der Waals surface area contributed by atoms with Gasteiger partial charge in [0.2, 0.25) is 0 Å². The first kappa shape index (κ1) is 11.1. The molecule has 0 radical (unpaired) electrons. The first-order valence-electron chi connectivity index (χ1n) is 6.36. The van der Waals surface area contributed by atoms with Crippen molar-refractivity contribution in [3.05, 3.63) is 29.3 Å². The summed E-state index contributed by atoms with van der Waals surface area (Å²) >= 11 is 0. The van der Waals surface area contributed by atoms with Gasteiger partial charge >= 0.3 is 0 Å². The highest BCUT2D eigenvalue weighted by Gasteiger charge is 2.38. The molecule has 3 rings (SSSR count). The van der Waals surface area contributed by atoms with Gasteiger partial charge in [0, 0.05) is 18.2 Å². The predicted molar refractivity (Wildman–Crippen MR) is 65.9 cm³/mol. The summed E-state index contributed by atoms with van der Waals surface area (Å²) in [5.41, 5.74) is 2.49. The van der Waals surface area contributed by atoms with Crippen LogP contribution in [0.1, 0.15) is 36.5 Å². The topological polar surface area (TPSA) is 21.7 Å². The summed E-state index contributed by atoms with van der Waals surface area (Å²) in [5.74, 6) is 0.955. The highest BCUT2D eigenvalue weighted by atomic mass is 16.7. The molecule has 0 N–H and O–H groups in total. The van der Waals surface area contributed by atoms with Crippen LogP contribution in [0.2, 0.25) is 0 Å². The second-order valence-electron chi connectivity index (χ2n) is 4.96. The third-order valence-electron chi connectivity index (χ3n) is 3.90. The Balaban J connectivity index is 1.90. The molecule has 0 bridgehead atoms. The molecule has 3 nitrogen and oxygen atoms in total. The van der Waals surface area contributed by atoms with E-state index in [1.54, 1.807) is 7.11 Å². The zero-order valence-corrected chi connectivity index (χ0v) is 10.5. The maximum atomic E-state index is 6.05. The number of benzene rings is 1. The Hall–Kier alpha value is -1.06. The molecule has 2 fully saturated rings. The number of hydrogen-bond acceptors (Lipinski definition) is 3. The van der Waals surface area contributed by atoms with Gasteiger partial charge in [-0.05, 0) is 37.8 Å². The first-order chi connectivity index (χ1) is 8.29. The lowest BCUT2D eigenvalue weighted by Gasteiger charge is -2.18. The molecule has 2 heterocycles. The van der Waals surface area contributed by atoms with E-state index in [1.807, 2.05) is 12.1 Å². The fourth-order valence-corrected chi connectivity index (χ4v) is 3.05. The van der Waals surface area contributed by atoms with Gasteiger partial charge in [-0.25, -0.2) is 0 Å². The van der Waals surface area contributed by atoms with Crippen LogP contribution in [-0.4, -0.2) is 24.8 Å². The minimum atomic E-state index is 0.177. The van der Waals surface area contributed by atoms with E-state index in [0.29, 0.717) is 6.04 Å². The van der Waals surface area contributed by atoms with Crippen molar-refractivity contribution in [3.63, 3.8) is 0 Å². The van der Waals surface area contributed by atoms with E-state index in [9.17, 15) is 0 Å². The first-order valence-corrected chi connectivity index (χ1v) is 6.36. The molecule has 0 aliphatic carbocycles. The van der Waals surface area contributed by atoms with Crippen molar-refractivity contribution in [3.8, 4) is 5.75 Å². The number of aryl methyl sites for hydroxylation is 1. The van der Waals surface area contributed by atoms with Gasteiger partial charge < -0.3 is 4.74 Å². The van der Waals surface area contributed by atoms with Crippen LogP contribution in [0.4, 0.5) is 0 Å². The highest BCUT2D eigenvalue weighted by molar-refractivity contribution is 5.41. The van der Waals surface area contributed by atoms with Gasteiger partial charge in [-0.2, -0.15) is 5.06 Å². The van der Waals surface area contributed by atoms with E-state index in [0.717, 1.165) is 18.7 Å². The van der Waals surface area contributed by atoms with E-state index in [-0.39, 0.29) is 6.10 Å². The van der Waals surface area contributed by atoms with Crippen molar-refractivity contribution in [1.29, 1.82) is 0 Å². The zero-order chi connectivity index (χ0) is 11.8. The summed E-state index contributed by atoms with van der Waals surface area (Å²) < 4.78 is 5.46. The Morgan fingerprint density at radius 3 is 3.06 bits per heavy atom. The Labute approximate surface area is 102 Å². The van der Waals surface area contributed by atoms with Crippen molar-refractivity contribution in [2.75, 3.05) is 13.7 Å². The van der Waals surface area contributed by atoms with E-state index in [1.165, 1.54) is 24.0 Å². The smallest absolute Gasteiger partial charge is 0.125 e. The minimum absolute atomic E-state index is 0.177. The molecule has 3 heteroatoms. The van der Waals surface area contributed by atoms with Gasteiger partial charge in [-0.3, -0.25) is 4.84 Å². The fourth-order valence-electron chi connectivity index (χ4n) is 3.05. The van der Waals surface area contributed by atoms with E-state index < -0.39 is 0 Å². The van der Waals surface area contributed by atoms with Crippen molar-refractivity contribution >= 4 is 0 Å². The van der Waals surface area contributed by atoms with E-state index >= 15 is 0 Å². The standard InChI is InChI=1S/C14H19NO2/c1-10-5-3-7-12(16-2)14(10)13-9-11-6-4-8-15(11)17-13/h3,5,7,11,13H,4,6,8-9H2,1-2H3. The molecule has 1 aromatic carbocycles. The Bertz CT molecular complexity index is 407. The lowest BCUT2D eigenvalue weighted by Crippen LogP contribution is -2.20. The minimum Gasteiger partial charge on any atom is -0.496 e. The SMILES string of the molecule is COc1cccc(C)c1C1CC2CCCN2O1. The molecule has 17 heavy (non-hydrogen) atoms. The molecule has 92 valence electrons. The summed E-state index contributed by atoms with van der Waals surface area (Å²) in [7, 11) is 1.73. The van der Waals surface area contributed by atoms with Gasteiger partial charge in [0.25, 0.3) is 0 Å². The van der Waals surface area contributed by atoms with Gasteiger partial charge in [-0.1, -0.05) is 12.1 Å². The molecule has 2 atom stereocenters. The largest absolute Gasteiger partial charge is 0.496 e. The summed E-state index contributed by atoms with van der Waals surface area (Å²) in [6.07, 6.45) is 3.81. The second-order valence-corrected chi connectivity index (χ2v) is 4.96. The number of nitrogens with zero attached hydrogens (tertiary/aromatic N) is 1. The molecule has 1 aromatic rings. The van der Waals surface area contributed by atoms with E-state index in [4.69, 9.17) is 9.57 Å². The van der Waals surface area contributed by atoms with Crippen LogP contribution in [0, 0.1) is 6.92 Å². The van der Waals surface area contributed by atoms with Crippen LogP contribution in [0.5, 0.6) is 5.75 Å². The van der Waals surface area contributed by atoms with Gasteiger partial charge in [0.05, 0.1) is 7.11 Å². The molecule has 0 saturated carbocycles. The number of hydrogen-bond donors (Lipinski definition) is 0. The highest BCUT2D eigenvalue weighted by Crippen LogP contribution is 2.42. The van der Waals surface area contributed by atoms with Crippen molar-refractivity contribution < 1.29 is 9.57 Å². The molecule has 2 aliphatic heterocycles. The fraction of sp³-hybridized carbons (Fsp3) is 0.571. The number of methoxy groups -OCH3 is 1. The third kappa shape index (κ3) is 1.83. The number of hydroxylamine groups is 2. The average molecular weight is 233 g/mol. The lowest BCUT2D eigenvalue weighted by atomic mass is 9.97. The monoisotopic (exact) mass is 233 g/mol. The molecule has 0 aromatic heterocycles. The van der Waals surface area contributed by atoms with Gasteiger partial charge in [0.15, 0.2) is 0 Å². The van der Waals surface area contributed by atoms with Crippen LogP contribution >= 0.6 is 0 Å². The number of ether oxygens (including phenoxy) is 1. The molecule has 0 amide bonds. The Kier molecular flexibility index (Phi) is 2.81. The molecule has 2 saturated heterocycles. The Morgan fingerprint density at radius 2 is 2.29 bits per heavy atom. The van der Waals surface area contributed by atoms with Gasteiger partial charge in [0.1, 0.15) is 11.9 Å². The molecule has 0 spiro atoms. The Morgan fingerprint density at radius 1 is 1.41 bits per heavy atom. The van der Waals surface area contributed by atoms with Crippen LogP contribution < -0.4 is 4.74 Å². The number of fused-ring (bicyclic) bond motifs is 1. The van der Waals surface area contributed by atoms with Crippen molar-refractivity contribution in [2.45, 2.75) is 38.3 Å². The molecular weight excluding hydrogens is 214 g/mol. The number of rotatable bonds is 2. The van der Waals surface area contributed by atoms with Gasteiger partial charge in [-0.15, -0.1) is 0 Å². The summed E-state index contributed by atoms with van der Waals surface area (Å²) in [6, 6.07) is 6.80. The van der Waals surface area contributed by atoms with Crippen molar-refractivity contribution in [1.82, 2.24) is 5.06 Å². The van der Waals surface area contributed by atoms with Crippen molar-refractivity contribution in [2.24, 2.45) is 0 Å². The van der Waals surface area contributed by atoms with E-state index in [2.05, 4.69) is 18.1 Å². The normalized spacial score (nSPS) is 28.4. The summed E-state index contributed by atoms with van der Waals surface area (Å²) in [6.45, 7) is 3.21. The average Bonchev–Trinajstić information content (AvgIpc) is 2.88. The molecular formula is C14H19NO2. The van der Waals surface area contributed by atoms with Crippen LogP contribution in [0.3, 0.4) is 0 Å². The summed E-state index contributed by atoms with van der Waals surface area (Å²) in [4.78, 5) is 6.05. The molecule has 2 unspecified atom stereocenters. The van der Waals surface area contributed by atoms with Crippen LogP contribution in [0.25, 0.3) is 0 Å². The van der Waals surface area contributed by atoms with Crippen LogP contribution in [0.15, 0.2) is 18.2 Å². The third-order valence-corrected chi connectivity index (χ3v) is 3.90. The van der Waals surface area contributed by atoms with Crippen LogP contribution in [-0.2, 0) is 4.84 Å². The molecule has 2 aliphatic rings. The second kappa shape index (κ2) is 4.31.